The number of imide groups is 1. The lowest BCUT2D eigenvalue weighted by molar-refractivity contribution is -0.140. The number of halogens is 3. The summed E-state index contributed by atoms with van der Waals surface area (Å²) >= 11 is 16.2. The minimum atomic E-state index is -0.397. The summed E-state index contributed by atoms with van der Waals surface area (Å²) in [5.41, 5.74) is 1.59. The number of hydrogen-bond donors (Lipinski definition) is 0. The van der Waals surface area contributed by atoms with Crippen molar-refractivity contribution >= 4 is 62.5 Å². The van der Waals surface area contributed by atoms with Gasteiger partial charge in [0.1, 0.15) is 6.67 Å². The van der Waals surface area contributed by atoms with E-state index < -0.39 is 5.91 Å². The molecule has 7 rings (SSSR count). The van der Waals surface area contributed by atoms with Crippen molar-refractivity contribution in [3.63, 3.8) is 0 Å². The van der Waals surface area contributed by atoms with Crippen LogP contribution < -0.4 is 4.90 Å². The lowest BCUT2D eigenvalue weighted by Gasteiger charge is -2.37. The summed E-state index contributed by atoms with van der Waals surface area (Å²) in [6.07, 6.45) is 5.38. The van der Waals surface area contributed by atoms with Crippen molar-refractivity contribution < 1.29 is 14.4 Å². The van der Waals surface area contributed by atoms with Crippen molar-refractivity contribution in [3.05, 3.63) is 74.2 Å². The molecule has 2 aromatic carbocycles. The summed E-state index contributed by atoms with van der Waals surface area (Å²) in [5.74, 6) is -0.128. The molecule has 2 aromatic rings. The second-order valence-electron chi connectivity index (χ2n) is 9.67. The fourth-order valence-electron chi connectivity index (χ4n) is 6.26. The molecular formula is C26H21BrCl2N2O3. The van der Waals surface area contributed by atoms with E-state index in [0.717, 1.165) is 12.0 Å². The van der Waals surface area contributed by atoms with Crippen LogP contribution in [0.15, 0.2) is 53.0 Å². The maximum Gasteiger partial charge on any atom is 0.261 e. The van der Waals surface area contributed by atoms with Gasteiger partial charge in [0.2, 0.25) is 11.8 Å². The van der Waals surface area contributed by atoms with E-state index in [0.29, 0.717) is 37.6 Å². The molecule has 3 fully saturated rings. The number of carbonyl (C=O) groups excluding carboxylic acids is 3. The van der Waals surface area contributed by atoms with Gasteiger partial charge in [0.05, 0.1) is 33.1 Å². The van der Waals surface area contributed by atoms with E-state index in [2.05, 4.69) is 28.1 Å². The van der Waals surface area contributed by atoms with Crippen LogP contribution in [0.4, 0.5) is 5.69 Å². The number of nitrogens with zero attached hydrogens (tertiary/aromatic N) is 2. The third-order valence-corrected chi connectivity index (χ3v) is 9.44. The smallest absolute Gasteiger partial charge is 0.261 e. The minimum Gasteiger partial charge on any atom is -0.289 e. The lowest BCUT2D eigenvalue weighted by atomic mass is 9.63. The Morgan fingerprint density at radius 2 is 1.65 bits per heavy atom. The highest BCUT2D eigenvalue weighted by molar-refractivity contribution is 9.10. The fourth-order valence-corrected chi connectivity index (χ4v) is 7.09. The molecule has 5 nitrogen and oxygen atoms in total. The molecule has 174 valence electrons. The van der Waals surface area contributed by atoms with Gasteiger partial charge < -0.3 is 0 Å². The van der Waals surface area contributed by atoms with E-state index >= 15 is 0 Å². The molecule has 8 heteroatoms. The monoisotopic (exact) mass is 558 g/mol. The topological polar surface area (TPSA) is 57.7 Å². The van der Waals surface area contributed by atoms with Crippen LogP contribution in [0.25, 0.3) is 0 Å². The molecule has 6 atom stereocenters. The molecule has 1 heterocycles. The molecule has 4 aliphatic carbocycles. The van der Waals surface area contributed by atoms with Crippen molar-refractivity contribution in [3.8, 4) is 0 Å². The predicted octanol–water partition coefficient (Wildman–Crippen LogP) is 5.72. The van der Waals surface area contributed by atoms with Gasteiger partial charge in [0.25, 0.3) is 5.91 Å². The molecule has 0 aromatic heterocycles. The Labute approximate surface area is 215 Å². The van der Waals surface area contributed by atoms with E-state index in [-0.39, 0.29) is 42.2 Å². The summed E-state index contributed by atoms with van der Waals surface area (Å²) < 4.78 is 0.696. The van der Waals surface area contributed by atoms with E-state index in [4.69, 9.17) is 23.2 Å². The van der Waals surface area contributed by atoms with E-state index in [1.54, 1.807) is 30.3 Å². The van der Waals surface area contributed by atoms with Crippen molar-refractivity contribution in [2.45, 2.75) is 13.3 Å². The van der Waals surface area contributed by atoms with Gasteiger partial charge in [-0.25, -0.2) is 0 Å². The summed E-state index contributed by atoms with van der Waals surface area (Å²) in [4.78, 5) is 43.6. The number of amides is 3. The largest absolute Gasteiger partial charge is 0.289 e. The standard InChI is InChI=1S/C26H21BrCl2N2O3/c1-12-8-18(27)20(29)10-21(12)30(24(32)15-4-2-3-5-19(15)28)11-31-25(33)22-13-6-7-14(17-9-16(13)17)23(22)26(31)34/h2-8,10,13-14,16-17,22-23H,9,11H2,1H3. The van der Waals surface area contributed by atoms with Crippen molar-refractivity contribution in [1.82, 2.24) is 4.90 Å². The SMILES string of the molecule is Cc1cc(Br)c(Cl)cc1N(CN1C(=O)C2C3C=CC(C4CC34)C2C1=O)C(=O)c1ccccc1Cl. The molecule has 34 heavy (non-hydrogen) atoms. The van der Waals surface area contributed by atoms with Gasteiger partial charge in [-0.3, -0.25) is 24.2 Å². The van der Waals surface area contributed by atoms with Gasteiger partial charge in [0.15, 0.2) is 0 Å². The minimum absolute atomic E-state index is 0.123. The first-order valence-corrected chi connectivity index (χ1v) is 12.9. The highest BCUT2D eigenvalue weighted by atomic mass is 79.9. The van der Waals surface area contributed by atoms with Crippen LogP contribution >= 0.6 is 39.1 Å². The van der Waals surface area contributed by atoms with Crippen LogP contribution in [-0.4, -0.2) is 29.3 Å². The normalized spacial score (nSPS) is 30.4. The van der Waals surface area contributed by atoms with Crippen molar-refractivity contribution in [1.29, 1.82) is 0 Å². The maximum absolute atomic E-state index is 13.8. The predicted molar refractivity (Wildman–Crippen MR) is 134 cm³/mol. The summed E-state index contributed by atoms with van der Waals surface area (Å²) in [6.45, 7) is 1.68. The van der Waals surface area contributed by atoms with Gasteiger partial charge in [-0.2, -0.15) is 0 Å². The molecule has 3 amide bonds. The van der Waals surface area contributed by atoms with Gasteiger partial charge in [0, 0.05) is 4.47 Å². The van der Waals surface area contributed by atoms with E-state index in [9.17, 15) is 14.4 Å². The van der Waals surface area contributed by atoms with Crippen LogP contribution in [0, 0.1) is 42.4 Å². The Balaban J connectivity index is 1.39. The third-order valence-electron chi connectivity index (χ3n) is 7.92. The van der Waals surface area contributed by atoms with Crippen LogP contribution in [0.3, 0.4) is 0 Å². The van der Waals surface area contributed by atoms with Crippen LogP contribution in [0.1, 0.15) is 22.3 Å². The first-order valence-electron chi connectivity index (χ1n) is 11.3. The van der Waals surface area contributed by atoms with Gasteiger partial charge >= 0.3 is 0 Å². The molecule has 1 aliphatic heterocycles. The molecule has 0 spiro atoms. The van der Waals surface area contributed by atoms with Crippen molar-refractivity contribution in [2.75, 3.05) is 11.6 Å². The number of rotatable bonds is 4. The summed E-state index contributed by atoms with van der Waals surface area (Å²) in [7, 11) is 0. The molecule has 2 saturated carbocycles. The fraction of sp³-hybridized carbons (Fsp3) is 0.346. The number of carbonyl (C=O) groups is 3. The highest BCUT2D eigenvalue weighted by Crippen LogP contribution is 2.65. The zero-order chi connectivity index (χ0) is 23.9. The van der Waals surface area contributed by atoms with Crippen molar-refractivity contribution in [2.24, 2.45) is 35.5 Å². The third kappa shape index (κ3) is 3.22. The van der Waals surface area contributed by atoms with Gasteiger partial charge in [-0.1, -0.05) is 47.5 Å². The Kier molecular flexibility index (Phi) is 5.21. The van der Waals surface area contributed by atoms with E-state index in [1.807, 2.05) is 13.0 Å². The molecule has 0 radical (unpaired) electrons. The quantitative estimate of drug-likeness (QED) is 0.355. The van der Waals surface area contributed by atoms with Crippen LogP contribution in [0.2, 0.25) is 10.0 Å². The molecule has 0 N–H and O–H groups in total. The first kappa shape index (κ1) is 22.3. The van der Waals surface area contributed by atoms with E-state index in [1.165, 1.54) is 9.80 Å². The maximum atomic E-state index is 13.8. The number of allylic oxidation sites excluding steroid dienone is 2. The summed E-state index contributed by atoms with van der Waals surface area (Å²) in [5, 5.41) is 0.723. The Morgan fingerprint density at radius 1 is 1.03 bits per heavy atom. The Morgan fingerprint density at radius 3 is 2.26 bits per heavy atom. The second kappa shape index (κ2) is 7.94. The number of likely N-dealkylation sites (tertiary alicyclic amines) is 1. The zero-order valence-electron chi connectivity index (χ0n) is 18.3. The average Bonchev–Trinajstić information content (AvgIpc) is 3.60. The molecule has 6 unspecified atom stereocenters. The van der Waals surface area contributed by atoms with Crippen LogP contribution in [0.5, 0.6) is 0 Å². The molecule has 1 saturated heterocycles. The van der Waals surface area contributed by atoms with Crippen LogP contribution in [-0.2, 0) is 9.59 Å². The van der Waals surface area contributed by atoms with Gasteiger partial charge in [-0.05, 0) is 82.8 Å². The van der Waals surface area contributed by atoms with Gasteiger partial charge in [-0.15, -0.1) is 0 Å². The average molecular weight is 560 g/mol. The number of anilines is 1. The Hall–Kier alpha value is -2.15. The molecule has 5 aliphatic rings. The number of hydrogen-bond acceptors (Lipinski definition) is 3. The number of benzene rings is 2. The molecule has 2 bridgehead atoms. The highest BCUT2D eigenvalue weighted by Gasteiger charge is 2.67. The second-order valence-corrected chi connectivity index (χ2v) is 11.3. The Bertz CT molecular complexity index is 1260. The lowest BCUT2D eigenvalue weighted by Crippen LogP contribution is -2.45. The first-order chi connectivity index (χ1) is 16.3. The molecular weight excluding hydrogens is 539 g/mol. The zero-order valence-corrected chi connectivity index (χ0v) is 21.3. The summed E-state index contributed by atoms with van der Waals surface area (Å²) in [6, 6.07) is 10.2. The number of aryl methyl sites for hydroxylation is 1.